The number of rotatable bonds is 2. The summed E-state index contributed by atoms with van der Waals surface area (Å²) in [5, 5.41) is 2.94. The van der Waals surface area contributed by atoms with Crippen LogP contribution in [0.2, 0.25) is 0 Å². The van der Waals surface area contributed by atoms with Gasteiger partial charge in [-0.1, -0.05) is 42.5 Å². The van der Waals surface area contributed by atoms with Crippen LogP contribution in [0.25, 0.3) is 0 Å². The number of hydrogen-bond acceptors (Lipinski definition) is 0. The van der Waals surface area contributed by atoms with Crippen molar-refractivity contribution in [1.82, 2.24) is 0 Å². The third-order valence-electron chi connectivity index (χ3n) is 3.42. The van der Waals surface area contributed by atoms with E-state index in [0.29, 0.717) is 0 Å². The molecular weight excluding hydrogens is 235 g/mol. The zero-order valence-corrected chi connectivity index (χ0v) is 11.1. The summed E-state index contributed by atoms with van der Waals surface area (Å²) in [6.45, 7) is 0. The Balaban J connectivity index is 2.17. The molecule has 0 fully saturated rings. The molecule has 18 heavy (non-hydrogen) atoms. The Morgan fingerprint density at radius 3 is 1.67 bits per heavy atom. The van der Waals surface area contributed by atoms with Gasteiger partial charge in [0, 0.05) is 0 Å². The highest BCUT2D eigenvalue weighted by Gasteiger charge is 2.39. The molecule has 1 aliphatic heterocycles. The van der Waals surface area contributed by atoms with E-state index in [9.17, 15) is 0 Å². The average molecular weight is 251 g/mol. The molecule has 2 aromatic rings. The van der Waals surface area contributed by atoms with Gasteiger partial charge in [-0.3, -0.25) is 0 Å². The summed E-state index contributed by atoms with van der Waals surface area (Å²) in [6, 6.07) is 21.8. The van der Waals surface area contributed by atoms with Gasteiger partial charge in [-0.2, -0.15) is 0 Å². The lowest BCUT2D eigenvalue weighted by atomic mass is 10.4. The molecule has 0 spiro atoms. The Morgan fingerprint density at radius 2 is 1.22 bits per heavy atom. The van der Waals surface area contributed by atoms with Crippen molar-refractivity contribution >= 4 is 17.9 Å². The highest BCUT2D eigenvalue weighted by molar-refractivity contribution is 7.92. The summed E-state index contributed by atoms with van der Waals surface area (Å²) >= 11 is 0. The predicted octanol–water partition coefficient (Wildman–Crippen LogP) is 3.74. The summed E-state index contributed by atoms with van der Waals surface area (Å²) in [5.74, 6) is 2.43. The molecule has 1 heteroatoms. The Bertz CT molecular complexity index is 528. The molecule has 0 aliphatic carbocycles. The van der Waals surface area contributed by atoms with E-state index in [0.717, 1.165) is 6.16 Å². The van der Waals surface area contributed by atoms with Crippen molar-refractivity contribution in [3.63, 3.8) is 0 Å². The largest absolute Gasteiger partial charge is 0.108 e. The van der Waals surface area contributed by atoms with Crippen molar-refractivity contribution in [2.75, 3.05) is 6.16 Å². The van der Waals surface area contributed by atoms with Crippen molar-refractivity contribution in [2.45, 2.75) is 0 Å². The molecule has 1 aliphatic rings. The van der Waals surface area contributed by atoms with Crippen molar-refractivity contribution in [1.29, 1.82) is 0 Å². The lowest BCUT2D eigenvalue weighted by Crippen LogP contribution is -2.23. The first-order chi connectivity index (χ1) is 8.92. The van der Waals surface area contributed by atoms with E-state index in [1.54, 1.807) is 0 Å². The quantitative estimate of drug-likeness (QED) is 0.713. The molecule has 0 aromatic heterocycles. The lowest BCUT2D eigenvalue weighted by Gasteiger charge is -2.24. The molecule has 0 N–H and O–H groups in total. The molecule has 2 aromatic carbocycles. The lowest BCUT2D eigenvalue weighted by molar-refractivity contribution is 1.64. The fourth-order valence-corrected chi connectivity index (χ4v) is 5.92. The van der Waals surface area contributed by atoms with E-state index >= 15 is 0 Å². The second kappa shape index (κ2) is 4.92. The minimum atomic E-state index is -1.36. The van der Waals surface area contributed by atoms with E-state index in [1.165, 1.54) is 10.6 Å². The van der Waals surface area contributed by atoms with Gasteiger partial charge in [0.05, 0.1) is 12.0 Å². The molecular formula is C17H16P+. The van der Waals surface area contributed by atoms with Gasteiger partial charge >= 0.3 is 0 Å². The van der Waals surface area contributed by atoms with Gasteiger partial charge in [0.2, 0.25) is 0 Å². The van der Waals surface area contributed by atoms with Crippen molar-refractivity contribution in [3.8, 4) is 0 Å². The van der Waals surface area contributed by atoms with E-state index in [4.69, 9.17) is 0 Å². The van der Waals surface area contributed by atoms with Crippen LogP contribution >= 0.6 is 7.26 Å². The van der Waals surface area contributed by atoms with Crippen LogP contribution in [0.3, 0.4) is 0 Å². The highest BCUT2D eigenvalue weighted by Crippen LogP contribution is 2.59. The molecule has 3 rings (SSSR count). The summed E-state index contributed by atoms with van der Waals surface area (Å²) < 4.78 is 0. The normalized spacial score (nSPS) is 16.7. The SMILES string of the molecule is C1=CC[P+](c2ccccc2)(c2ccccc2)C=C1. The van der Waals surface area contributed by atoms with Crippen LogP contribution in [0, 0.1) is 0 Å². The molecule has 0 nitrogen and oxygen atoms in total. The topological polar surface area (TPSA) is 0 Å². The highest BCUT2D eigenvalue weighted by atomic mass is 31.2. The number of hydrogen-bond donors (Lipinski definition) is 0. The number of allylic oxidation sites excluding steroid dienone is 3. The van der Waals surface area contributed by atoms with Crippen LogP contribution in [-0.2, 0) is 0 Å². The zero-order valence-electron chi connectivity index (χ0n) is 10.2. The standard InChI is InChI=1S/C17H16P/c1-4-10-16(11-5-1)18(14-8-3-9-15-18)17-12-6-2-7-13-17/h1-14H,15H2/q+1. The smallest absolute Gasteiger partial charge is 0.0620 e. The Hall–Kier alpha value is -1.65. The fourth-order valence-electron chi connectivity index (χ4n) is 2.48. The van der Waals surface area contributed by atoms with E-state index in [2.05, 4.69) is 84.7 Å². The minimum absolute atomic E-state index is 1.14. The zero-order chi connectivity index (χ0) is 12.3. The molecule has 0 saturated carbocycles. The van der Waals surface area contributed by atoms with Crippen molar-refractivity contribution in [2.24, 2.45) is 0 Å². The third-order valence-corrected chi connectivity index (χ3v) is 7.32. The summed E-state index contributed by atoms with van der Waals surface area (Å²) in [6.07, 6.45) is 7.80. The van der Waals surface area contributed by atoms with Gasteiger partial charge in [0.15, 0.2) is 0 Å². The fraction of sp³-hybridized carbons (Fsp3) is 0.0588. The van der Waals surface area contributed by atoms with Crippen LogP contribution in [0.4, 0.5) is 0 Å². The summed E-state index contributed by atoms with van der Waals surface area (Å²) in [5.41, 5.74) is 0. The molecule has 88 valence electrons. The van der Waals surface area contributed by atoms with Gasteiger partial charge in [-0.25, -0.2) is 0 Å². The van der Waals surface area contributed by atoms with Crippen LogP contribution in [0.1, 0.15) is 0 Å². The Morgan fingerprint density at radius 1 is 0.667 bits per heavy atom. The van der Waals surface area contributed by atoms with Crippen LogP contribution in [0.15, 0.2) is 84.7 Å². The van der Waals surface area contributed by atoms with Crippen LogP contribution in [-0.4, -0.2) is 6.16 Å². The maximum atomic E-state index is 2.43. The minimum Gasteiger partial charge on any atom is -0.0620 e. The first-order valence-electron chi connectivity index (χ1n) is 6.25. The molecule has 0 atom stereocenters. The summed E-state index contributed by atoms with van der Waals surface area (Å²) in [7, 11) is -1.36. The molecule has 1 heterocycles. The molecule has 0 bridgehead atoms. The van der Waals surface area contributed by atoms with Gasteiger partial charge in [0.1, 0.15) is 17.9 Å². The predicted molar refractivity (Wildman–Crippen MR) is 82.2 cm³/mol. The number of benzene rings is 2. The van der Waals surface area contributed by atoms with E-state index in [1.807, 2.05) is 0 Å². The monoisotopic (exact) mass is 251 g/mol. The molecule has 0 unspecified atom stereocenters. The first-order valence-corrected chi connectivity index (χ1v) is 8.29. The second-order valence-electron chi connectivity index (χ2n) is 4.49. The van der Waals surface area contributed by atoms with Crippen LogP contribution < -0.4 is 10.6 Å². The molecule has 0 saturated heterocycles. The molecule has 0 radical (unpaired) electrons. The first kappa shape index (κ1) is 11.4. The maximum absolute atomic E-state index is 2.43. The van der Waals surface area contributed by atoms with Gasteiger partial charge in [-0.15, -0.1) is 0 Å². The van der Waals surface area contributed by atoms with Gasteiger partial charge in [-0.05, 0) is 36.4 Å². The van der Waals surface area contributed by atoms with E-state index in [-0.39, 0.29) is 0 Å². The van der Waals surface area contributed by atoms with Crippen molar-refractivity contribution < 1.29 is 0 Å². The van der Waals surface area contributed by atoms with Crippen LogP contribution in [0.5, 0.6) is 0 Å². The third kappa shape index (κ3) is 1.94. The maximum Gasteiger partial charge on any atom is 0.108 e. The van der Waals surface area contributed by atoms with E-state index < -0.39 is 7.26 Å². The Labute approximate surface area is 109 Å². The second-order valence-corrected chi connectivity index (χ2v) is 7.93. The van der Waals surface area contributed by atoms with Crippen molar-refractivity contribution in [3.05, 3.63) is 84.7 Å². The van der Waals surface area contributed by atoms with Gasteiger partial charge < -0.3 is 0 Å². The average Bonchev–Trinajstić information content (AvgIpc) is 2.50. The summed E-state index contributed by atoms with van der Waals surface area (Å²) in [4.78, 5) is 0. The van der Waals surface area contributed by atoms with Gasteiger partial charge in [0.25, 0.3) is 0 Å². The molecule has 0 amide bonds. The Kier molecular flexibility index (Phi) is 3.13.